The number of aliphatic hydroxyl groups excluding tert-OH is 1. The van der Waals surface area contributed by atoms with Crippen molar-refractivity contribution in [1.29, 1.82) is 0 Å². The molecule has 0 saturated heterocycles. The van der Waals surface area contributed by atoms with Gasteiger partial charge in [0, 0.05) is 17.5 Å². The van der Waals surface area contributed by atoms with E-state index in [2.05, 4.69) is 17.1 Å². The van der Waals surface area contributed by atoms with Gasteiger partial charge in [0.05, 0.1) is 6.61 Å². The fraction of sp³-hybridized carbons (Fsp3) is 0.214. The van der Waals surface area contributed by atoms with Crippen LogP contribution in [0.25, 0.3) is 11.1 Å². The van der Waals surface area contributed by atoms with Crippen LogP contribution < -0.4 is 0 Å². The van der Waals surface area contributed by atoms with Crippen molar-refractivity contribution in [3.63, 3.8) is 0 Å². The van der Waals surface area contributed by atoms with Gasteiger partial charge < -0.3 is 5.11 Å². The van der Waals surface area contributed by atoms with E-state index in [0.29, 0.717) is 0 Å². The van der Waals surface area contributed by atoms with Crippen LogP contribution in [-0.4, -0.2) is 10.1 Å². The van der Waals surface area contributed by atoms with Gasteiger partial charge in [0.1, 0.15) is 0 Å². The molecule has 0 atom stereocenters. The Kier molecular flexibility index (Phi) is 3.02. The van der Waals surface area contributed by atoms with Crippen molar-refractivity contribution in [2.75, 3.05) is 0 Å². The van der Waals surface area contributed by atoms with Crippen LogP contribution in [0, 0.1) is 13.8 Å². The molecule has 1 heterocycles. The number of pyridine rings is 1. The maximum absolute atomic E-state index is 9.12. The van der Waals surface area contributed by atoms with Crippen LogP contribution >= 0.6 is 0 Å². The van der Waals surface area contributed by atoms with Gasteiger partial charge in [0.15, 0.2) is 0 Å². The second kappa shape index (κ2) is 4.45. The molecule has 1 aromatic carbocycles. The van der Waals surface area contributed by atoms with Gasteiger partial charge in [0.2, 0.25) is 0 Å². The molecule has 1 N–H and O–H groups in total. The third-order valence-electron chi connectivity index (χ3n) is 2.83. The van der Waals surface area contributed by atoms with Crippen molar-refractivity contribution >= 4 is 0 Å². The third-order valence-corrected chi connectivity index (χ3v) is 2.83. The van der Waals surface area contributed by atoms with Crippen molar-refractivity contribution in [3.8, 4) is 11.1 Å². The quantitative estimate of drug-likeness (QED) is 0.832. The summed E-state index contributed by atoms with van der Waals surface area (Å²) in [6, 6.07) is 10.1. The minimum atomic E-state index is 0.0954. The van der Waals surface area contributed by atoms with Crippen molar-refractivity contribution in [2.24, 2.45) is 0 Å². The molecule has 0 fully saturated rings. The summed E-state index contributed by atoms with van der Waals surface area (Å²) in [7, 11) is 0. The first-order chi connectivity index (χ1) is 7.72. The highest BCUT2D eigenvalue weighted by Crippen LogP contribution is 2.24. The van der Waals surface area contributed by atoms with Crippen molar-refractivity contribution in [3.05, 3.63) is 53.3 Å². The van der Waals surface area contributed by atoms with Crippen LogP contribution in [0.15, 0.2) is 36.5 Å². The lowest BCUT2D eigenvalue weighted by Gasteiger charge is -2.08. The monoisotopic (exact) mass is 213 g/mol. The third kappa shape index (κ3) is 1.97. The van der Waals surface area contributed by atoms with Gasteiger partial charge >= 0.3 is 0 Å². The molecule has 0 aliphatic carbocycles. The smallest absolute Gasteiger partial charge is 0.0684 e. The lowest BCUT2D eigenvalue weighted by atomic mass is 9.99. The van der Waals surface area contributed by atoms with Crippen LogP contribution in [0.1, 0.15) is 16.8 Å². The molecule has 1 aromatic heterocycles. The lowest BCUT2D eigenvalue weighted by Crippen LogP contribution is -1.91. The Morgan fingerprint density at radius 2 is 2.00 bits per heavy atom. The number of benzene rings is 1. The SMILES string of the molecule is Cc1cc(-c2cccnc2C)ccc1CO. The summed E-state index contributed by atoms with van der Waals surface area (Å²) in [6.45, 7) is 4.11. The van der Waals surface area contributed by atoms with Gasteiger partial charge in [-0.05, 0) is 36.6 Å². The molecule has 2 aromatic rings. The van der Waals surface area contributed by atoms with Crippen LogP contribution in [0.3, 0.4) is 0 Å². The molecule has 16 heavy (non-hydrogen) atoms. The molecule has 0 amide bonds. The minimum absolute atomic E-state index is 0.0954. The number of hydrogen-bond donors (Lipinski definition) is 1. The summed E-state index contributed by atoms with van der Waals surface area (Å²) in [5.74, 6) is 0. The van der Waals surface area contributed by atoms with E-state index in [1.54, 1.807) is 6.20 Å². The first-order valence-electron chi connectivity index (χ1n) is 5.34. The van der Waals surface area contributed by atoms with Crippen molar-refractivity contribution in [2.45, 2.75) is 20.5 Å². The Morgan fingerprint density at radius 3 is 2.62 bits per heavy atom. The van der Waals surface area contributed by atoms with E-state index in [4.69, 9.17) is 5.11 Å². The second-order valence-corrected chi connectivity index (χ2v) is 3.94. The molecule has 2 heteroatoms. The summed E-state index contributed by atoms with van der Waals surface area (Å²) in [6.07, 6.45) is 1.80. The molecule has 0 saturated carbocycles. The lowest BCUT2D eigenvalue weighted by molar-refractivity contribution is 0.281. The van der Waals surface area contributed by atoms with Crippen LogP contribution in [-0.2, 0) is 6.61 Å². The zero-order chi connectivity index (χ0) is 11.5. The number of nitrogens with zero attached hydrogens (tertiary/aromatic N) is 1. The maximum Gasteiger partial charge on any atom is 0.0684 e. The van der Waals surface area contributed by atoms with Gasteiger partial charge in [-0.15, -0.1) is 0 Å². The standard InChI is InChI=1S/C14H15NO/c1-10-8-12(5-6-13(10)9-16)14-4-3-7-15-11(14)2/h3-8,16H,9H2,1-2H3. The van der Waals surface area contributed by atoms with E-state index in [9.17, 15) is 0 Å². The highest BCUT2D eigenvalue weighted by atomic mass is 16.3. The number of aliphatic hydroxyl groups is 1. The fourth-order valence-corrected chi connectivity index (χ4v) is 1.83. The molecule has 2 nitrogen and oxygen atoms in total. The second-order valence-electron chi connectivity index (χ2n) is 3.94. The van der Waals surface area contributed by atoms with E-state index in [0.717, 1.165) is 27.9 Å². The zero-order valence-electron chi connectivity index (χ0n) is 9.57. The maximum atomic E-state index is 9.12. The Morgan fingerprint density at radius 1 is 1.19 bits per heavy atom. The molecule has 0 radical (unpaired) electrons. The van der Waals surface area contributed by atoms with E-state index in [-0.39, 0.29) is 6.61 Å². The van der Waals surface area contributed by atoms with Crippen LogP contribution in [0.4, 0.5) is 0 Å². The number of aromatic nitrogens is 1. The molecular weight excluding hydrogens is 198 g/mol. The predicted molar refractivity (Wildman–Crippen MR) is 65.1 cm³/mol. The van der Waals surface area contributed by atoms with Crippen molar-refractivity contribution in [1.82, 2.24) is 4.98 Å². The Bertz CT molecular complexity index is 506. The largest absolute Gasteiger partial charge is 0.392 e. The summed E-state index contributed by atoms with van der Waals surface area (Å²) >= 11 is 0. The Labute approximate surface area is 95.6 Å². The molecule has 2 rings (SSSR count). The molecule has 0 aliphatic rings. The van der Waals surface area contributed by atoms with Gasteiger partial charge in [-0.2, -0.15) is 0 Å². The van der Waals surface area contributed by atoms with E-state index < -0.39 is 0 Å². The van der Waals surface area contributed by atoms with E-state index in [1.807, 2.05) is 32.0 Å². The predicted octanol–water partition coefficient (Wildman–Crippen LogP) is 2.86. The van der Waals surface area contributed by atoms with E-state index >= 15 is 0 Å². The number of aryl methyl sites for hydroxylation is 2. The van der Waals surface area contributed by atoms with E-state index in [1.165, 1.54) is 0 Å². The molecule has 0 aliphatic heterocycles. The first kappa shape index (κ1) is 10.8. The average molecular weight is 213 g/mol. The van der Waals surface area contributed by atoms with Crippen LogP contribution in [0.5, 0.6) is 0 Å². The topological polar surface area (TPSA) is 33.1 Å². The van der Waals surface area contributed by atoms with Gasteiger partial charge in [-0.3, -0.25) is 4.98 Å². The number of hydrogen-bond acceptors (Lipinski definition) is 2. The average Bonchev–Trinajstić information content (AvgIpc) is 2.29. The van der Waals surface area contributed by atoms with Crippen molar-refractivity contribution < 1.29 is 5.11 Å². The molecule has 0 unspecified atom stereocenters. The van der Waals surface area contributed by atoms with Gasteiger partial charge in [0.25, 0.3) is 0 Å². The zero-order valence-corrected chi connectivity index (χ0v) is 9.57. The molecule has 0 spiro atoms. The normalized spacial score (nSPS) is 10.4. The summed E-state index contributed by atoms with van der Waals surface area (Å²) < 4.78 is 0. The van der Waals surface area contributed by atoms with Gasteiger partial charge in [-0.1, -0.05) is 24.3 Å². The highest BCUT2D eigenvalue weighted by Gasteiger charge is 2.04. The number of rotatable bonds is 2. The molecule has 0 bridgehead atoms. The molecular formula is C14H15NO. The Hall–Kier alpha value is -1.67. The minimum Gasteiger partial charge on any atom is -0.392 e. The summed E-state index contributed by atoms with van der Waals surface area (Å²) in [5, 5.41) is 9.12. The summed E-state index contributed by atoms with van der Waals surface area (Å²) in [5.41, 5.74) is 5.42. The van der Waals surface area contributed by atoms with Gasteiger partial charge in [-0.25, -0.2) is 0 Å². The fourth-order valence-electron chi connectivity index (χ4n) is 1.83. The highest BCUT2D eigenvalue weighted by molar-refractivity contribution is 5.66. The van der Waals surface area contributed by atoms with Crippen LogP contribution in [0.2, 0.25) is 0 Å². The first-order valence-corrected chi connectivity index (χ1v) is 5.34. The summed E-state index contributed by atoms with van der Waals surface area (Å²) in [4.78, 5) is 4.28. The Balaban J connectivity index is 2.50. The molecule has 82 valence electrons.